The van der Waals surface area contributed by atoms with Crippen molar-refractivity contribution in [3.63, 3.8) is 0 Å². The summed E-state index contributed by atoms with van der Waals surface area (Å²) in [5.74, 6) is 0. The molecule has 2 rings (SSSR count). The fourth-order valence-corrected chi connectivity index (χ4v) is 3.54. The standard InChI is InChI=1S/C13H18ClNO3S/c1-9-12(6-7-18-9)15-8-10-11(14)4-3-5-13(10)19(2,16)17/h3-5,9,12,15H,6-8H2,1-2H3. The molecule has 0 aliphatic carbocycles. The van der Waals surface area contributed by atoms with Crippen molar-refractivity contribution >= 4 is 21.4 Å². The molecule has 6 heteroatoms. The first-order valence-electron chi connectivity index (χ1n) is 6.22. The predicted octanol–water partition coefficient (Wildman–Crippen LogP) is 2.01. The Labute approximate surface area is 119 Å². The number of hydrogen-bond donors (Lipinski definition) is 1. The largest absolute Gasteiger partial charge is 0.377 e. The number of hydrogen-bond acceptors (Lipinski definition) is 4. The molecule has 0 amide bonds. The normalized spacial score (nSPS) is 23.7. The van der Waals surface area contributed by atoms with E-state index in [2.05, 4.69) is 5.32 Å². The molecule has 1 aliphatic heterocycles. The van der Waals surface area contributed by atoms with E-state index in [1.165, 1.54) is 6.26 Å². The molecule has 19 heavy (non-hydrogen) atoms. The number of sulfone groups is 1. The van der Waals surface area contributed by atoms with Crippen LogP contribution < -0.4 is 5.32 Å². The highest BCUT2D eigenvalue weighted by Crippen LogP contribution is 2.24. The molecule has 1 N–H and O–H groups in total. The summed E-state index contributed by atoms with van der Waals surface area (Å²) in [7, 11) is -3.27. The van der Waals surface area contributed by atoms with Gasteiger partial charge in [0.15, 0.2) is 9.84 Å². The summed E-state index contributed by atoms with van der Waals surface area (Å²) in [6.45, 7) is 3.18. The highest BCUT2D eigenvalue weighted by Gasteiger charge is 2.24. The van der Waals surface area contributed by atoms with Crippen LogP contribution in [-0.4, -0.2) is 33.4 Å². The van der Waals surface area contributed by atoms with E-state index < -0.39 is 9.84 Å². The van der Waals surface area contributed by atoms with Crippen LogP contribution in [0, 0.1) is 0 Å². The van der Waals surface area contributed by atoms with E-state index in [-0.39, 0.29) is 12.1 Å². The second-order valence-corrected chi connectivity index (χ2v) is 7.23. The Bertz CT molecular complexity index is 559. The van der Waals surface area contributed by atoms with Gasteiger partial charge in [-0.3, -0.25) is 0 Å². The average Bonchev–Trinajstić information content (AvgIpc) is 2.72. The maximum absolute atomic E-state index is 11.8. The summed E-state index contributed by atoms with van der Waals surface area (Å²) in [5, 5.41) is 3.80. The molecular formula is C13H18ClNO3S. The van der Waals surface area contributed by atoms with Crippen LogP contribution in [-0.2, 0) is 21.1 Å². The Morgan fingerprint density at radius 2 is 2.21 bits per heavy atom. The topological polar surface area (TPSA) is 55.4 Å². The van der Waals surface area contributed by atoms with Gasteiger partial charge in [0.05, 0.1) is 11.0 Å². The van der Waals surface area contributed by atoms with Crippen LogP contribution in [0.5, 0.6) is 0 Å². The van der Waals surface area contributed by atoms with Gasteiger partial charge in [0.1, 0.15) is 0 Å². The molecule has 1 saturated heterocycles. The Kier molecular flexibility index (Phi) is 4.50. The molecule has 1 aromatic carbocycles. The third kappa shape index (κ3) is 3.48. The molecule has 106 valence electrons. The van der Waals surface area contributed by atoms with E-state index in [0.29, 0.717) is 22.0 Å². The average molecular weight is 304 g/mol. The molecule has 1 aliphatic rings. The summed E-state index contributed by atoms with van der Waals surface area (Å²) in [5.41, 5.74) is 0.630. The van der Waals surface area contributed by atoms with Gasteiger partial charge in [-0.1, -0.05) is 17.7 Å². The van der Waals surface area contributed by atoms with Gasteiger partial charge in [-0.05, 0) is 25.5 Å². The second kappa shape index (κ2) is 5.79. The van der Waals surface area contributed by atoms with Crippen molar-refractivity contribution in [3.8, 4) is 0 Å². The molecule has 2 atom stereocenters. The van der Waals surface area contributed by atoms with Crippen molar-refractivity contribution in [3.05, 3.63) is 28.8 Å². The molecule has 4 nitrogen and oxygen atoms in total. The van der Waals surface area contributed by atoms with Gasteiger partial charge >= 0.3 is 0 Å². The molecule has 1 heterocycles. The summed E-state index contributed by atoms with van der Waals surface area (Å²) >= 11 is 6.12. The fourth-order valence-electron chi connectivity index (χ4n) is 2.29. The maximum atomic E-state index is 11.8. The summed E-state index contributed by atoms with van der Waals surface area (Å²) in [6.07, 6.45) is 2.27. The van der Waals surface area contributed by atoms with Gasteiger partial charge in [0.25, 0.3) is 0 Å². The second-order valence-electron chi connectivity index (χ2n) is 4.84. The van der Waals surface area contributed by atoms with E-state index in [0.717, 1.165) is 13.0 Å². The number of ether oxygens (including phenoxy) is 1. The Morgan fingerprint density at radius 1 is 1.47 bits per heavy atom. The van der Waals surface area contributed by atoms with Crippen molar-refractivity contribution in [2.75, 3.05) is 12.9 Å². The molecule has 0 radical (unpaired) electrons. The van der Waals surface area contributed by atoms with Crippen LogP contribution in [0.15, 0.2) is 23.1 Å². The smallest absolute Gasteiger partial charge is 0.175 e. The quantitative estimate of drug-likeness (QED) is 0.924. The fraction of sp³-hybridized carbons (Fsp3) is 0.538. The lowest BCUT2D eigenvalue weighted by molar-refractivity contribution is 0.113. The molecule has 0 bridgehead atoms. The zero-order valence-electron chi connectivity index (χ0n) is 11.0. The van der Waals surface area contributed by atoms with Crippen LogP contribution in [0.25, 0.3) is 0 Å². The van der Waals surface area contributed by atoms with Crippen LogP contribution in [0.3, 0.4) is 0 Å². The molecule has 0 saturated carbocycles. The third-order valence-electron chi connectivity index (χ3n) is 3.39. The van der Waals surface area contributed by atoms with Crippen LogP contribution in [0.1, 0.15) is 18.9 Å². The molecule has 0 spiro atoms. The first-order valence-corrected chi connectivity index (χ1v) is 8.49. The SMILES string of the molecule is CC1OCCC1NCc1c(Cl)cccc1S(C)(=O)=O. The Morgan fingerprint density at radius 3 is 2.79 bits per heavy atom. The maximum Gasteiger partial charge on any atom is 0.175 e. The van der Waals surface area contributed by atoms with E-state index in [9.17, 15) is 8.42 Å². The van der Waals surface area contributed by atoms with Crippen LogP contribution in [0.2, 0.25) is 5.02 Å². The van der Waals surface area contributed by atoms with Crippen LogP contribution in [0.4, 0.5) is 0 Å². The van der Waals surface area contributed by atoms with E-state index >= 15 is 0 Å². The zero-order chi connectivity index (χ0) is 14.0. The summed E-state index contributed by atoms with van der Waals surface area (Å²) in [6, 6.07) is 5.20. The van der Waals surface area contributed by atoms with Crippen LogP contribution >= 0.6 is 11.6 Å². The highest BCUT2D eigenvalue weighted by atomic mass is 35.5. The number of benzene rings is 1. The molecule has 1 aromatic rings. The van der Waals surface area contributed by atoms with Crippen molar-refractivity contribution in [2.45, 2.75) is 36.9 Å². The lowest BCUT2D eigenvalue weighted by Gasteiger charge is -2.18. The highest BCUT2D eigenvalue weighted by molar-refractivity contribution is 7.90. The van der Waals surface area contributed by atoms with E-state index in [1.54, 1.807) is 18.2 Å². The predicted molar refractivity (Wildman–Crippen MR) is 75.2 cm³/mol. The first kappa shape index (κ1) is 14.8. The monoisotopic (exact) mass is 303 g/mol. The first-order chi connectivity index (χ1) is 8.89. The number of rotatable bonds is 4. The lowest BCUT2D eigenvalue weighted by atomic mass is 10.1. The van der Waals surface area contributed by atoms with Crippen molar-refractivity contribution in [1.29, 1.82) is 0 Å². The number of nitrogens with one attached hydrogen (secondary N) is 1. The molecule has 0 aromatic heterocycles. The van der Waals surface area contributed by atoms with Gasteiger partial charge < -0.3 is 10.1 Å². The van der Waals surface area contributed by atoms with Crippen molar-refractivity contribution in [2.24, 2.45) is 0 Å². The molecule has 1 fully saturated rings. The summed E-state index contributed by atoms with van der Waals surface area (Å²) < 4.78 is 29.0. The lowest BCUT2D eigenvalue weighted by Crippen LogP contribution is -2.34. The Balaban J connectivity index is 2.20. The van der Waals surface area contributed by atoms with Gasteiger partial charge in [-0.15, -0.1) is 0 Å². The van der Waals surface area contributed by atoms with Crippen molar-refractivity contribution < 1.29 is 13.2 Å². The minimum absolute atomic E-state index is 0.143. The van der Waals surface area contributed by atoms with E-state index in [1.807, 2.05) is 6.92 Å². The van der Waals surface area contributed by atoms with Gasteiger partial charge in [0.2, 0.25) is 0 Å². The number of halogens is 1. The van der Waals surface area contributed by atoms with Gasteiger partial charge in [-0.25, -0.2) is 8.42 Å². The minimum Gasteiger partial charge on any atom is -0.377 e. The minimum atomic E-state index is -3.27. The molecular weight excluding hydrogens is 286 g/mol. The van der Waals surface area contributed by atoms with E-state index in [4.69, 9.17) is 16.3 Å². The summed E-state index contributed by atoms with van der Waals surface area (Å²) in [4.78, 5) is 0.291. The van der Waals surface area contributed by atoms with Gasteiger partial charge in [-0.2, -0.15) is 0 Å². The van der Waals surface area contributed by atoms with Crippen molar-refractivity contribution in [1.82, 2.24) is 5.32 Å². The molecule has 2 unspecified atom stereocenters. The third-order valence-corrected chi connectivity index (χ3v) is 4.93. The van der Waals surface area contributed by atoms with Gasteiger partial charge in [0, 0.05) is 36.0 Å². The zero-order valence-corrected chi connectivity index (χ0v) is 12.6. The Hall–Kier alpha value is -0.620.